The van der Waals surface area contributed by atoms with Crippen molar-refractivity contribution < 1.29 is 18.3 Å². The maximum absolute atomic E-state index is 10.9. The highest BCUT2D eigenvalue weighted by Gasteiger charge is 2.27. The molecule has 0 aromatic heterocycles. The van der Waals surface area contributed by atoms with E-state index in [0.29, 0.717) is 29.8 Å². The van der Waals surface area contributed by atoms with Crippen LogP contribution in [0.15, 0.2) is 0 Å². The Bertz CT molecular complexity index is 753. The van der Waals surface area contributed by atoms with Gasteiger partial charge in [-0.05, 0) is 70.1 Å². The number of hydrogen-bond acceptors (Lipinski definition) is 5. The Labute approximate surface area is 253 Å². The Balaban J connectivity index is -0.000000128. The third kappa shape index (κ3) is 27.3. The molecule has 0 saturated carbocycles. The SMILES string of the molecule is CC(=O)C(C)(C)C(C)C.CC(C)C(C)(C)C#N.CC(C)C(C)(C)CCO.CCCC(C)C.CCS(=O)(=O)C(C)C. The number of carbonyl (C=O) groups excluding carboxylic acids is 1. The van der Waals surface area contributed by atoms with E-state index in [1.54, 1.807) is 27.7 Å². The van der Waals surface area contributed by atoms with Gasteiger partial charge in [0.15, 0.2) is 9.84 Å². The molecular weight excluding hydrogens is 518 g/mol. The molecule has 0 atom stereocenters. The first kappa shape index (κ1) is 48.8. The first-order valence-electron chi connectivity index (χ1n) is 15.4. The molecule has 1 N–H and O–H groups in total. The van der Waals surface area contributed by atoms with E-state index in [0.717, 1.165) is 12.3 Å². The highest BCUT2D eigenvalue weighted by molar-refractivity contribution is 7.91. The maximum Gasteiger partial charge on any atom is 0.152 e. The standard InChI is InChI=1S/C8H18O.C8H16O.C7H13N.C6H14.C5H12O2S/c1-7(2)8(3,4)5-6-9;1-6(2)8(4,5)7(3)9;1-6(2)7(3,4)5-8;1-4-5-6(2)3;1-4-8(6,7)5(2)3/h7,9H,5-6H2,1-4H3;6H,1-5H3;6H,1-4H3;6H,4-5H2,1-3H3;5H,4H2,1-3H3. The molecule has 244 valence electrons. The lowest BCUT2D eigenvalue weighted by atomic mass is 9.78. The highest BCUT2D eigenvalue weighted by Crippen LogP contribution is 2.29. The van der Waals surface area contributed by atoms with Gasteiger partial charge in [-0.25, -0.2) is 8.42 Å². The fourth-order valence-corrected chi connectivity index (χ4v) is 2.69. The fourth-order valence-electron chi connectivity index (χ4n) is 2.02. The third-order valence-corrected chi connectivity index (χ3v) is 10.6. The molecule has 0 radical (unpaired) electrons. The van der Waals surface area contributed by atoms with E-state index >= 15 is 0 Å². The van der Waals surface area contributed by atoms with Gasteiger partial charge in [-0.1, -0.05) is 110 Å². The average molecular weight is 592 g/mol. The lowest BCUT2D eigenvalue weighted by Gasteiger charge is -2.27. The predicted octanol–water partition coefficient (Wildman–Crippen LogP) is 9.77. The van der Waals surface area contributed by atoms with Crippen molar-refractivity contribution in [1.82, 2.24) is 0 Å². The normalized spacial score (nSPS) is 11.9. The van der Waals surface area contributed by atoms with E-state index in [4.69, 9.17) is 10.4 Å². The molecule has 0 fully saturated rings. The Morgan fingerprint density at radius 3 is 1.23 bits per heavy atom. The zero-order valence-corrected chi connectivity index (χ0v) is 31.3. The summed E-state index contributed by atoms with van der Waals surface area (Å²) in [5.41, 5.74) is 0.00868. The topological polar surface area (TPSA) is 95.2 Å². The Morgan fingerprint density at radius 2 is 1.20 bits per heavy atom. The van der Waals surface area contributed by atoms with Crippen LogP contribution < -0.4 is 0 Å². The zero-order chi connectivity index (χ0) is 33.7. The quantitative estimate of drug-likeness (QED) is 0.273. The Kier molecular flexibility index (Phi) is 28.8. The number of Topliss-reactive ketones (excluding diaryl/α,β-unsaturated/α-hetero) is 1. The van der Waals surface area contributed by atoms with Crippen molar-refractivity contribution in [2.24, 2.45) is 39.9 Å². The van der Waals surface area contributed by atoms with E-state index in [2.05, 4.69) is 82.2 Å². The molecule has 0 amide bonds. The van der Waals surface area contributed by atoms with Crippen LogP contribution in [0.4, 0.5) is 0 Å². The fraction of sp³-hybridized carbons (Fsp3) is 0.941. The van der Waals surface area contributed by atoms with E-state index in [1.807, 2.05) is 27.7 Å². The van der Waals surface area contributed by atoms with Crippen LogP contribution in [0, 0.1) is 51.2 Å². The number of aliphatic hydroxyl groups excluding tert-OH is 1. The van der Waals surface area contributed by atoms with E-state index in [9.17, 15) is 13.2 Å². The number of carbonyl (C=O) groups is 1. The van der Waals surface area contributed by atoms with Crippen LogP contribution >= 0.6 is 0 Å². The highest BCUT2D eigenvalue weighted by atomic mass is 32.2. The summed E-state index contributed by atoms with van der Waals surface area (Å²) in [7, 11) is -2.74. The van der Waals surface area contributed by atoms with Gasteiger partial charge in [-0.15, -0.1) is 0 Å². The van der Waals surface area contributed by atoms with Gasteiger partial charge >= 0.3 is 0 Å². The van der Waals surface area contributed by atoms with E-state index in [-0.39, 0.29) is 27.6 Å². The molecule has 0 aromatic carbocycles. The number of nitrogens with zero attached hydrogens (tertiary/aromatic N) is 1. The molecule has 0 saturated heterocycles. The molecule has 0 aliphatic rings. The largest absolute Gasteiger partial charge is 0.396 e. The van der Waals surface area contributed by atoms with Gasteiger partial charge in [-0.3, -0.25) is 4.79 Å². The summed E-state index contributed by atoms with van der Waals surface area (Å²) in [5.74, 6) is 2.98. The molecule has 0 spiro atoms. The summed E-state index contributed by atoms with van der Waals surface area (Å²) in [6.07, 6.45) is 3.61. The van der Waals surface area contributed by atoms with Crippen LogP contribution in [0.3, 0.4) is 0 Å². The molecule has 0 aliphatic carbocycles. The zero-order valence-electron chi connectivity index (χ0n) is 30.4. The van der Waals surface area contributed by atoms with E-state index < -0.39 is 9.84 Å². The molecular formula is C34H73NO4S. The summed E-state index contributed by atoms with van der Waals surface area (Å²) < 4.78 is 21.4. The molecule has 40 heavy (non-hydrogen) atoms. The van der Waals surface area contributed by atoms with Gasteiger partial charge in [0.2, 0.25) is 0 Å². The van der Waals surface area contributed by atoms with Crippen LogP contribution in [0.25, 0.3) is 0 Å². The van der Waals surface area contributed by atoms with Crippen molar-refractivity contribution in [1.29, 1.82) is 5.26 Å². The maximum atomic E-state index is 10.9. The average Bonchev–Trinajstić information content (AvgIpc) is 2.80. The molecule has 0 bridgehead atoms. The van der Waals surface area contributed by atoms with Gasteiger partial charge in [0.25, 0.3) is 0 Å². The summed E-state index contributed by atoms with van der Waals surface area (Å²) >= 11 is 0. The Morgan fingerprint density at radius 1 is 0.800 bits per heavy atom. The molecule has 0 rings (SSSR count). The first-order valence-corrected chi connectivity index (χ1v) is 17.1. The minimum Gasteiger partial charge on any atom is -0.396 e. The molecule has 0 aromatic rings. The monoisotopic (exact) mass is 592 g/mol. The van der Waals surface area contributed by atoms with Crippen LogP contribution in [0.2, 0.25) is 0 Å². The minimum atomic E-state index is -2.74. The number of sulfone groups is 1. The Hall–Kier alpha value is -0.930. The van der Waals surface area contributed by atoms with Crippen molar-refractivity contribution in [3.63, 3.8) is 0 Å². The van der Waals surface area contributed by atoms with Crippen molar-refractivity contribution in [2.45, 2.75) is 156 Å². The van der Waals surface area contributed by atoms with Gasteiger partial charge in [0.1, 0.15) is 5.78 Å². The van der Waals surface area contributed by atoms with Crippen molar-refractivity contribution in [3.8, 4) is 6.07 Å². The molecule has 6 heteroatoms. The van der Waals surface area contributed by atoms with Crippen LogP contribution in [-0.2, 0) is 14.6 Å². The summed E-state index contributed by atoms with van der Waals surface area (Å²) in [5, 5.41) is 16.9. The number of nitriles is 1. The molecule has 5 nitrogen and oxygen atoms in total. The summed E-state index contributed by atoms with van der Waals surface area (Å²) in [4.78, 5) is 10.9. The lowest BCUT2D eigenvalue weighted by Crippen LogP contribution is -2.27. The number of aliphatic hydroxyl groups is 1. The van der Waals surface area contributed by atoms with Crippen molar-refractivity contribution >= 4 is 15.6 Å². The lowest BCUT2D eigenvalue weighted by molar-refractivity contribution is -0.126. The second-order valence-electron chi connectivity index (χ2n) is 14.2. The first-order chi connectivity index (χ1) is 17.7. The van der Waals surface area contributed by atoms with Crippen LogP contribution in [0.5, 0.6) is 0 Å². The van der Waals surface area contributed by atoms with E-state index in [1.165, 1.54) is 12.8 Å². The number of hydrogen-bond donors (Lipinski definition) is 1. The molecule has 0 unspecified atom stereocenters. The number of rotatable bonds is 10. The minimum absolute atomic E-state index is 0.139. The molecule has 0 aliphatic heterocycles. The van der Waals surface area contributed by atoms with Crippen molar-refractivity contribution in [2.75, 3.05) is 12.4 Å². The number of ketones is 1. The van der Waals surface area contributed by atoms with Gasteiger partial charge < -0.3 is 5.11 Å². The van der Waals surface area contributed by atoms with Crippen molar-refractivity contribution in [3.05, 3.63) is 0 Å². The van der Waals surface area contributed by atoms with Gasteiger partial charge in [-0.2, -0.15) is 5.26 Å². The second kappa shape index (κ2) is 23.6. The summed E-state index contributed by atoms with van der Waals surface area (Å²) in [6.45, 7) is 38.6. The second-order valence-corrected chi connectivity index (χ2v) is 17.1. The predicted molar refractivity (Wildman–Crippen MR) is 178 cm³/mol. The molecule has 0 heterocycles. The van der Waals surface area contributed by atoms with Gasteiger partial charge in [0, 0.05) is 17.8 Å². The van der Waals surface area contributed by atoms with Crippen LogP contribution in [0.1, 0.15) is 151 Å². The third-order valence-electron chi connectivity index (χ3n) is 8.39. The van der Waals surface area contributed by atoms with Gasteiger partial charge in [0.05, 0.1) is 16.7 Å². The smallest absolute Gasteiger partial charge is 0.152 e. The summed E-state index contributed by atoms with van der Waals surface area (Å²) in [6, 6.07) is 2.24. The van der Waals surface area contributed by atoms with Crippen LogP contribution in [-0.4, -0.2) is 36.9 Å².